The molecule has 0 bridgehead atoms. The van der Waals surface area contributed by atoms with Crippen molar-refractivity contribution in [1.29, 1.82) is 0 Å². The summed E-state index contributed by atoms with van der Waals surface area (Å²) in [5.41, 5.74) is 2.84. The highest BCUT2D eigenvalue weighted by molar-refractivity contribution is 5.74. The maximum Gasteiger partial charge on any atom is 0.353 e. The van der Waals surface area contributed by atoms with Crippen molar-refractivity contribution in [3.8, 4) is 0 Å². The van der Waals surface area contributed by atoms with E-state index in [1.807, 2.05) is 32.0 Å². The van der Waals surface area contributed by atoms with Crippen LogP contribution in [-0.4, -0.2) is 21.4 Å². The van der Waals surface area contributed by atoms with Crippen molar-refractivity contribution < 1.29 is 4.92 Å². The number of nitrogens with zero attached hydrogens (tertiary/aromatic N) is 3. The minimum atomic E-state index is -0.417. The van der Waals surface area contributed by atoms with Crippen LogP contribution in [0.15, 0.2) is 24.5 Å². The molecule has 0 unspecified atom stereocenters. The van der Waals surface area contributed by atoms with E-state index in [0.29, 0.717) is 6.54 Å². The Morgan fingerprint density at radius 2 is 1.34 bits per heavy atom. The topological polar surface area (TPSA) is 93.0 Å². The van der Waals surface area contributed by atoms with E-state index in [1.165, 1.54) is 83.4 Å². The fourth-order valence-corrected chi connectivity index (χ4v) is 4.38. The first kappa shape index (κ1) is 28.5. The fraction of sp³-hybridized carbons (Fsp3) is 0.643. The van der Waals surface area contributed by atoms with Gasteiger partial charge in [0.25, 0.3) is 0 Å². The molecule has 7 heteroatoms. The molecule has 35 heavy (non-hydrogen) atoms. The minimum absolute atomic E-state index is 0.113. The van der Waals surface area contributed by atoms with E-state index in [2.05, 4.69) is 27.5 Å². The summed E-state index contributed by atoms with van der Waals surface area (Å²) in [4.78, 5) is 19.6. The van der Waals surface area contributed by atoms with E-state index in [0.717, 1.165) is 29.7 Å². The normalized spacial score (nSPS) is 10.9. The van der Waals surface area contributed by atoms with Crippen molar-refractivity contribution in [1.82, 2.24) is 9.97 Å². The molecule has 0 atom stereocenters. The molecule has 1 aromatic heterocycles. The number of aromatic nitrogens is 2. The third-order valence-corrected chi connectivity index (χ3v) is 6.46. The molecular weight excluding hydrogens is 438 g/mol. The third kappa shape index (κ3) is 11.1. The highest BCUT2D eigenvalue weighted by Crippen LogP contribution is 2.32. The van der Waals surface area contributed by atoms with Crippen LogP contribution in [0.4, 0.5) is 23.0 Å². The number of anilines is 3. The van der Waals surface area contributed by atoms with Gasteiger partial charge >= 0.3 is 5.69 Å². The average molecular weight is 484 g/mol. The molecule has 0 amide bonds. The largest absolute Gasteiger partial charge is 0.364 e. The number of hydrogen-bond donors (Lipinski definition) is 2. The van der Waals surface area contributed by atoms with E-state index >= 15 is 0 Å². The van der Waals surface area contributed by atoms with Crippen LogP contribution in [0, 0.1) is 24.0 Å². The van der Waals surface area contributed by atoms with Crippen molar-refractivity contribution in [2.75, 3.05) is 17.2 Å². The summed E-state index contributed by atoms with van der Waals surface area (Å²) < 4.78 is 0. The Kier molecular flexibility index (Phi) is 13.7. The maximum absolute atomic E-state index is 11.8. The van der Waals surface area contributed by atoms with Crippen molar-refractivity contribution in [3.05, 3.63) is 45.8 Å². The summed E-state index contributed by atoms with van der Waals surface area (Å²) in [5.74, 6) is 0.479. The summed E-state index contributed by atoms with van der Waals surface area (Å²) in [6, 6.07) is 5.92. The second-order valence-corrected chi connectivity index (χ2v) is 9.64. The first-order chi connectivity index (χ1) is 17.0. The molecule has 1 aromatic carbocycles. The van der Waals surface area contributed by atoms with Gasteiger partial charge in [-0.2, -0.15) is 0 Å². The van der Waals surface area contributed by atoms with E-state index in [1.54, 1.807) is 0 Å². The van der Waals surface area contributed by atoms with E-state index in [9.17, 15) is 10.1 Å². The molecule has 1 heterocycles. The van der Waals surface area contributed by atoms with Crippen LogP contribution >= 0.6 is 0 Å². The first-order valence-electron chi connectivity index (χ1n) is 13.6. The zero-order valence-electron chi connectivity index (χ0n) is 22.1. The van der Waals surface area contributed by atoms with Gasteiger partial charge < -0.3 is 10.6 Å². The van der Waals surface area contributed by atoms with E-state index < -0.39 is 4.92 Å². The SMILES string of the molecule is CCCCCCCCCCCCCCCCNc1ncnc(Nc2ccc(C)cc2C)c1[N+](=O)[O-]. The van der Waals surface area contributed by atoms with E-state index in [-0.39, 0.29) is 17.3 Å². The molecule has 0 saturated heterocycles. The Morgan fingerprint density at radius 3 is 1.89 bits per heavy atom. The molecule has 0 aliphatic rings. The Bertz CT molecular complexity index is 888. The zero-order chi connectivity index (χ0) is 25.3. The quantitative estimate of drug-likeness (QED) is 0.118. The van der Waals surface area contributed by atoms with Crippen molar-refractivity contribution in [2.24, 2.45) is 0 Å². The summed E-state index contributed by atoms with van der Waals surface area (Å²) in [7, 11) is 0. The molecule has 0 saturated carbocycles. The van der Waals surface area contributed by atoms with Gasteiger partial charge in [-0.1, -0.05) is 108 Å². The summed E-state index contributed by atoms with van der Waals surface area (Å²) >= 11 is 0. The smallest absolute Gasteiger partial charge is 0.353 e. The lowest BCUT2D eigenvalue weighted by Crippen LogP contribution is -2.09. The summed E-state index contributed by atoms with van der Waals surface area (Å²) in [5, 5.41) is 18.0. The fourth-order valence-electron chi connectivity index (χ4n) is 4.38. The molecule has 2 rings (SSSR count). The number of unbranched alkanes of at least 4 members (excludes halogenated alkanes) is 13. The summed E-state index contributed by atoms with van der Waals surface area (Å²) in [6.45, 7) is 6.92. The Balaban J connectivity index is 1.65. The van der Waals surface area contributed by atoms with Gasteiger partial charge in [0, 0.05) is 12.2 Å². The van der Waals surface area contributed by atoms with Gasteiger partial charge in [-0.3, -0.25) is 10.1 Å². The third-order valence-electron chi connectivity index (χ3n) is 6.46. The van der Waals surface area contributed by atoms with Gasteiger partial charge in [0.15, 0.2) is 0 Å². The molecule has 7 nitrogen and oxygen atoms in total. The van der Waals surface area contributed by atoms with Crippen LogP contribution in [0.25, 0.3) is 0 Å². The number of aryl methyl sites for hydroxylation is 2. The second kappa shape index (κ2) is 16.8. The lowest BCUT2D eigenvalue weighted by molar-refractivity contribution is -0.383. The molecule has 0 fully saturated rings. The number of nitro groups is 1. The Hall–Kier alpha value is -2.70. The van der Waals surface area contributed by atoms with Gasteiger partial charge in [-0.05, 0) is 31.9 Å². The van der Waals surface area contributed by atoms with Gasteiger partial charge in [0.05, 0.1) is 4.92 Å². The minimum Gasteiger partial charge on any atom is -0.364 e. The van der Waals surface area contributed by atoms with Crippen LogP contribution in [0.3, 0.4) is 0 Å². The highest BCUT2D eigenvalue weighted by atomic mass is 16.6. The zero-order valence-corrected chi connectivity index (χ0v) is 22.1. The Morgan fingerprint density at radius 1 is 0.800 bits per heavy atom. The number of nitrogens with one attached hydrogen (secondary N) is 2. The molecule has 0 aliphatic heterocycles. The van der Waals surface area contributed by atoms with Gasteiger partial charge in [-0.25, -0.2) is 9.97 Å². The molecule has 194 valence electrons. The van der Waals surface area contributed by atoms with Crippen LogP contribution in [0.1, 0.15) is 108 Å². The molecule has 0 radical (unpaired) electrons. The highest BCUT2D eigenvalue weighted by Gasteiger charge is 2.23. The molecular formula is C28H45N5O2. The maximum atomic E-state index is 11.8. The predicted octanol–water partition coefficient (Wildman–Crippen LogP) is 8.64. The van der Waals surface area contributed by atoms with Gasteiger partial charge in [0.1, 0.15) is 6.33 Å². The lowest BCUT2D eigenvalue weighted by Gasteiger charge is -2.12. The van der Waals surface area contributed by atoms with Crippen LogP contribution in [0.5, 0.6) is 0 Å². The number of hydrogen-bond acceptors (Lipinski definition) is 6. The predicted molar refractivity (Wildman–Crippen MR) is 147 cm³/mol. The lowest BCUT2D eigenvalue weighted by atomic mass is 10.0. The molecule has 0 spiro atoms. The Labute approximate surface area is 211 Å². The van der Waals surface area contributed by atoms with E-state index in [4.69, 9.17) is 0 Å². The van der Waals surface area contributed by atoms with Crippen molar-refractivity contribution >= 4 is 23.0 Å². The monoisotopic (exact) mass is 483 g/mol. The van der Waals surface area contributed by atoms with Gasteiger partial charge in [-0.15, -0.1) is 0 Å². The van der Waals surface area contributed by atoms with Crippen LogP contribution < -0.4 is 10.6 Å². The van der Waals surface area contributed by atoms with Gasteiger partial charge in [0.2, 0.25) is 11.6 Å². The molecule has 2 aromatic rings. The first-order valence-corrected chi connectivity index (χ1v) is 13.6. The molecule has 0 aliphatic carbocycles. The number of rotatable bonds is 19. The van der Waals surface area contributed by atoms with Crippen molar-refractivity contribution in [3.63, 3.8) is 0 Å². The standard InChI is InChI=1S/C28H45N5O2/c1-4-5-6-7-8-9-10-11-12-13-14-15-16-17-20-29-27-26(33(34)35)28(31-22-30-27)32-25-19-18-23(2)21-24(25)3/h18-19,21-22H,4-17,20H2,1-3H3,(H2,29,30,31,32). The summed E-state index contributed by atoms with van der Waals surface area (Å²) in [6.07, 6.45) is 19.7. The van der Waals surface area contributed by atoms with Crippen LogP contribution in [-0.2, 0) is 0 Å². The van der Waals surface area contributed by atoms with Crippen molar-refractivity contribution in [2.45, 2.75) is 111 Å². The average Bonchev–Trinajstić information content (AvgIpc) is 2.83. The second-order valence-electron chi connectivity index (χ2n) is 9.64. The molecule has 2 N–H and O–H groups in total. The number of benzene rings is 1. The van der Waals surface area contributed by atoms with Crippen LogP contribution in [0.2, 0.25) is 0 Å².